The van der Waals surface area contributed by atoms with Gasteiger partial charge in [-0.3, -0.25) is 4.79 Å². The summed E-state index contributed by atoms with van der Waals surface area (Å²) in [5.74, 6) is -1.25. The van der Waals surface area contributed by atoms with Crippen LogP contribution in [0.25, 0.3) is 0 Å². The molecule has 0 radical (unpaired) electrons. The maximum atomic E-state index is 12.8. The van der Waals surface area contributed by atoms with Gasteiger partial charge >= 0.3 is 6.09 Å². The van der Waals surface area contributed by atoms with E-state index in [1.165, 1.54) is 18.2 Å². The molecule has 0 saturated carbocycles. The third-order valence-corrected chi connectivity index (χ3v) is 1.97. The first-order chi connectivity index (χ1) is 7.49. The number of halogens is 1. The van der Waals surface area contributed by atoms with Gasteiger partial charge < -0.3 is 16.2 Å². The topological polar surface area (TPSA) is 92.4 Å². The summed E-state index contributed by atoms with van der Waals surface area (Å²) in [6.45, 7) is 0. The zero-order chi connectivity index (χ0) is 12.1. The summed E-state index contributed by atoms with van der Waals surface area (Å²) in [6.07, 6.45) is -1.32. The van der Waals surface area contributed by atoms with Crippen LogP contribution in [0.3, 0.4) is 0 Å². The number of carboxylic acid groups (broad SMARTS) is 1. The fraction of sp³-hybridized carbons (Fsp3) is 0.200. The highest BCUT2D eigenvalue weighted by Crippen LogP contribution is 2.06. The van der Waals surface area contributed by atoms with E-state index >= 15 is 0 Å². The van der Waals surface area contributed by atoms with E-state index < -0.39 is 23.9 Å². The second-order valence-electron chi connectivity index (χ2n) is 3.24. The Morgan fingerprint density at radius 1 is 1.50 bits per heavy atom. The number of primary amides is 1. The first-order valence-corrected chi connectivity index (χ1v) is 4.52. The zero-order valence-corrected chi connectivity index (χ0v) is 8.31. The van der Waals surface area contributed by atoms with Crippen LogP contribution in [-0.2, 0) is 11.2 Å². The molecule has 0 aliphatic carbocycles. The maximum absolute atomic E-state index is 12.8. The largest absolute Gasteiger partial charge is 0.465 e. The van der Waals surface area contributed by atoms with Crippen molar-refractivity contribution in [3.8, 4) is 0 Å². The van der Waals surface area contributed by atoms with Crippen molar-refractivity contribution < 1.29 is 19.1 Å². The molecule has 1 atom stereocenters. The van der Waals surface area contributed by atoms with Gasteiger partial charge in [0, 0.05) is 6.42 Å². The Morgan fingerprint density at radius 2 is 2.19 bits per heavy atom. The van der Waals surface area contributed by atoms with E-state index in [0.29, 0.717) is 5.56 Å². The molecule has 4 N–H and O–H groups in total. The summed E-state index contributed by atoms with van der Waals surface area (Å²) in [5.41, 5.74) is 5.51. The molecule has 0 fully saturated rings. The third kappa shape index (κ3) is 3.56. The van der Waals surface area contributed by atoms with Gasteiger partial charge in [-0.05, 0) is 17.7 Å². The zero-order valence-electron chi connectivity index (χ0n) is 8.31. The van der Waals surface area contributed by atoms with Crippen LogP contribution in [0, 0.1) is 5.82 Å². The molecule has 5 nitrogen and oxygen atoms in total. The molecule has 0 bridgehead atoms. The molecule has 0 aliphatic heterocycles. The standard InChI is InChI=1S/C10H11FN2O3/c11-7-3-1-2-6(4-7)5-8(9(12)14)13-10(15)16/h1-4,8,13H,5H2,(H2,12,14)(H,15,16)/t8-/m0/s1. The first kappa shape index (κ1) is 12.0. The third-order valence-electron chi connectivity index (χ3n) is 1.97. The van der Waals surface area contributed by atoms with Crippen LogP contribution >= 0.6 is 0 Å². The van der Waals surface area contributed by atoms with E-state index in [2.05, 4.69) is 0 Å². The molecule has 0 heterocycles. The first-order valence-electron chi connectivity index (χ1n) is 4.52. The molecule has 0 unspecified atom stereocenters. The lowest BCUT2D eigenvalue weighted by Crippen LogP contribution is -2.45. The molecule has 1 rings (SSSR count). The van der Waals surface area contributed by atoms with Gasteiger partial charge in [0.2, 0.25) is 5.91 Å². The van der Waals surface area contributed by atoms with E-state index in [9.17, 15) is 14.0 Å². The Labute approximate surface area is 91.1 Å². The number of hydrogen-bond acceptors (Lipinski definition) is 2. The predicted molar refractivity (Wildman–Crippen MR) is 54.2 cm³/mol. The van der Waals surface area contributed by atoms with E-state index in [1.54, 1.807) is 6.07 Å². The van der Waals surface area contributed by atoms with E-state index in [4.69, 9.17) is 10.8 Å². The molecule has 1 aromatic rings. The Morgan fingerprint density at radius 3 is 2.69 bits per heavy atom. The van der Waals surface area contributed by atoms with Crippen molar-refractivity contribution >= 4 is 12.0 Å². The number of hydrogen-bond donors (Lipinski definition) is 3. The lowest BCUT2D eigenvalue weighted by Gasteiger charge is -2.12. The molecular weight excluding hydrogens is 215 g/mol. The highest BCUT2D eigenvalue weighted by molar-refractivity contribution is 5.84. The fourth-order valence-corrected chi connectivity index (χ4v) is 1.27. The van der Waals surface area contributed by atoms with Crippen LogP contribution in [0.5, 0.6) is 0 Å². The summed E-state index contributed by atoms with van der Waals surface area (Å²) >= 11 is 0. The smallest absolute Gasteiger partial charge is 0.405 e. The number of carbonyl (C=O) groups is 2. The normalized spacial score (nSPS) is 11.8. The predicted octanol–water partition coefficient (Wildman–Crippen LogP) is 0.490. The molecule has 86 valence electrons. The maximum Gasteiger partial charge on any atom is 0.405 e. The monoisotopic (exact) mass is 226 g/mol. The molecule has 1 aromatic carbocycles. The fourth-order valence-electron chi connectivity index (χ4n) is 1.27. The van der Waals surface area contributed by atoms with Crippen molar-refractivity contribution in [1.29, 1.82) is 0 Å². The van der Waals surface area contributed by atoms with Crippen LogP contribution in [0.15, 0.2) is 24.3 Å². The molecule has 0 spiro atoms. The van der Waals surface area contributed by atoms with E-state index in [-0.39, 0.29) is 6.42 Å². The SMILES string of the molecule is NC(=O)[C@H](Cc1cccc(F)c1)NC(=O)O. The molecule has 0 aliphatic rings. The Hall–Kier alpha value is -2.11. The number of amides is 2. The summed E-state index contributed by atoms with van der Waals surface area (Å²) in [6, 6.07) is 4.48. The van der Waals surface area contributed by atoms with Crippen molar-refractivity contribution in [1.82, 2.24) is 5.32 Å². The lowest BCUT2D eigenvalue weighted by atomic mass is 10.1. The van der Waals surface area contributed by atoms with Crippen LogP contribution < -0.4 is 11.1 Å². The van der Waals surface area contributed by atoms with Crippen LogP contribution in [0.4, 0.5) is 9.18 Å². The molecule has 16 heavy (non-hydrogen) atoms. The average Bonchev–Trinajstić information content (AvgIpc) is 2.15. The highest BCUT2D eigenvalue weighted by atomic mass is 19.1. The number of carbonyl (C=O) groups excluding carboxylic acids is 1. The molecule has 0 saturated heterocycles. The summed E-state index contributed by atoms with van der Waals surface area (Å²) < 4.78 is 12.8. The molecule has 6 heteroatoms. The average molecular weight is 226 g/mol. The van der Waals surface area contributed by atoms with Crippen molar-refractivity contribution in [2.24, 2.45) is 5.73 Å². The minimum Gasteiger partial charge on any atom is -0.465 e. The van der Waals surface area contributed by atoms with Crippen LogP contribution in [0.2, 0.25) is 0 Å². The van der Waals surface area contributed by atoms with Gasteiger partial charge in [0.25, 0.3) is 0 Å². The van der Waals surface area contributed by atoms with Crippen LogP contribution in [-0.4, -0.2) is 23.1 Å². The minimum atomic E-state index is -1.35. The van der Waals surface area contributed by atoms with Gasteiger partial charge in [-0.15, -0.1) is 0 Å². The summed E-state index contributed by atoms with van der Waals surface area (Å²) in [7, 11) is 0. The summed E-state index contributed by atoms with van der Waals surface area (Å²) in [4.78, 5) is 21.3. The van der Waals surface area contributed by atoms with Gasteiger partial charge in [0.05, 0.1) is 0 Å². The summed E-state index contributed by atoms with van der Waals surface area (Å²) in [5, 5.41) is 10.4. The Kier molecular flexibility index (Phi) is 3.82. The van der Waals surface area contributed by atoms with Crippen molar-refractivity contribution in [2.75, 3.05) is 0 Å². The second-order valence-corrected chi connectivity index (χ2v) is 3.24. The van der Waals surface area contributed by atoms with Crippen molar-refractivity contribution in [2.45, 2.75) is 12.5 Å². The van der Waals surface area contributed by atoms with Gasteiger partial charge in [-0.1, -0.05) is 12.1 Å². The van der Waals surface area contributed by atoms with Gasteiger partial charge in [0.1, 0.15) is 11.9 Å². The van der Waals surface area contributed by atoms with E-state index in [1.807, 2.05) is 5.32 Å². The quantitative estimate of drug-likeness (QED) is 0.697. The number of benzene rings is 1. The number of nitrogens with one attached hydrogen (secondary N) is 1. The number of nitrogens with two attached hydrogens (primary N) is 1. The Bertz CT molecular complexity index is 409. The Balaban J connectivity index is 2.75. The lowest BCUT2D eigenvalue weighted by molar-refractivity contribution is -0.119. The number of rotatable bonds is 4. The molecule has 0 aromatic heterocycles. The van der Waals surface area contributed by atoms with Crippen molar-refractivity contribution in [3.05, 3.63) is 35.6 Å². The van der Waals surface area contributed by atoms with Gasteiger partial charge in [-0.25, -0.2) is 9.18 Å². The van der Waals surface area contributed by atoms with Crippen molar-refractivity contribution in [3.63, 3.8) is 0 Å². The van der Waals surface area contributed by atoms with Gasteiger partial charge in [-0.2, -0.15) is 0 Å². The van der Waals surface area contributed by atoms with E-state index in [0.717, 1.165) is 0 Å². The molecular formula is C10H11FN2O3. The van der Waals surface area contributed by atoms with Gasteiger partial charge in [0.15, 0.2) is 0 Å². The minimum absolute atomic E-state index is 0.0272. The second kappa shape index (κ2) is 5.11. The molecule has 2 amide bonds. The highest BCUT2D eigenvalue weighted by Gasteiger charge is 2.18. The van der Waals surface area contributed by atoms with Crippen LogP contribution in [0.1, 0.15) is 5.56 Å².